The second kappa shape index (κ2) is 13.3. The van der Waals surface area contributed by atoms with Crippen LogP contribution in [0.4, 0.5) is 0 Å². The molecule has 1 unspecified atom stereocenters. The Labute approximate surface area is 186 Å². The SMILES string of the molecule is CN=C(NCCCc1nc(C(C)C)no1)NCC1CN(CC(C)C)CCO1.I. The second-order valence-electron chi connectivity index (χ2n) is 7.83. The van der Waals surface area contributed by atoms with E-state index in [0.717, 1.165) is 64.0 Å². The number of aryl methyl sites for hydroxylation is 1. The maximum absolute atomic E-state index is 5.88. The van der Waals surface area contributed by atoms with Crippen LogP contribution < -0.4 is 10.6 Å². The van der Waals surface area contributed by atoms with Crippen molar-refractivity contribution in [1.29, 1.82) is 0 Å². The highest BCUT2D eigenvalue weighted by Gasteiger charge is 2.21. The standard InChI is InChI=1S/C19H36N6O2.HI/c1-14(2)12-25-9-10-26-16(13-25)11-22-19(20-5)21-8-6-7-17-23-18(15(3)4)24-27-17;/h14-16H,6-13H2,1-5H3,(H2,20,21,22);1H. The summed E-state index contributed by atoms with van der Waals surface area (Å²) in [4.78, 5) is 11.2. The molecule has 1 fully saturated rings. The average Bonchev–Trinajstić information content (AvgIpc) is 3.10. The van der Waals surface area contributed by atoms with Gasteiger partial charge in [-0.3, -0.25) is 9.89 Å². The molecular weight excluding hydrogens is 471 g/mol. The van der Waals surface area contributed by atoms with Crippen LogP contribution in [0.3, 0.4) is 0 Å². The molecule has 1 aromatic rings. The maximum Gasteiger partial charge on any atom is 0.226 e. The van der Waals surface area contributed by atoms with E-state index in [1.807, 2.05) is 0 Å². The highest BCUT2D eigenvalue weighted by molar-refractivity contribution is 14.0. The highest BCUT2D eigenvalue weighted by Crippen LogP contribution is 2.10. The van der Waals surface area contributed by atoms with Gasteiger partial charge in [-0.05, 0) is 12.3 Å². The second-order valence-corrected chi connectivity index (χ2v) is 7.83. The van der Waals surface area contributed by atoms with E-state index in [1.165, 1.54) is 0 Å². The Morgan fingerprint density at radius 1 is 1.29 bits per heavy atom. The van der Waals surface area contributed by atoms with Crippen LogP contribution in [0.2, 0.25) is 0 Å². The summed E-state index contributed by atoms with van der Waals surface area (Å²) in [6.45, 7) is 14.1. The van der Waals surface area contributed by atoms with Gasteiger partial charge in [-0.25, -0.2) is 0 Å². The lowest BCUT2D eigenvalue weighted by Crippen LogP contribution is -2.50. The van der Waals surface area contributed by atoms with Gasteiger partial charge in [-0.1, -0.05) is 32.9 Å². The summed E-state index contributed by atoms with van der Waals surface area (Å²) in [7, 11) is 1.79. The third-order valence-electron chi connectivity index (χ3n) is 4.43. The van der Waals surface area contributed by atoms with Gasteiger partial charge in [-0.2, -0.15) is 4.98 Å². The predicted octanol–water partition coefficient (Wildman–Crippen LogP) is 2.27. The van der Waals surface area contributed by atoms with Crippen molar-refractivity contribution < 1.29 is 9.26 Å². The van der Waals surface area contributed by atoms with Gasteiger partial charge >= 0.3 is 0 Å². The summed E-state index contributed by atoms with van der Waals surface area (Å²) in [5.74, 6) is 3.25. The molecule has 0 radical (unpaired) electrons. The van der Waals surface area contributed by atoms with Crippen LogP contribution in [0.5, 0.6) is 0 Å². The van der Waals surface area contributed by atoms with Gasteiger partial charge in [0.2, 0.25) is 5.89 Å². The van der Waals surface area contributed by atoms with Gasteiger partial charge in [0.15, 0.2) is 11.8 Å². The Bertz CT molecular complexity index is 579. The van der Waals surface area contributed by atoms with Crippen molar-refractivity contribution in [1.82, 2.24) is 25.7 Å². The molecule has 1 atom stereocenters. The van der Waals surface area contributed by atoms with E-state index in [9.17, 15) is 0 Å². The molecule has 1 aliphatic heterocycles. The van der Waals surface area contributed by atoms with E-state index in [0.29, 0.717) is 17.7 Å². The monoisotopic (exact) mass is 508 g/mol. The maximum atomic E-state index is 5.88. The number of halogens is 1. The van der Waals surface area contributed by atoms with Gasteiger partial charge in [0.25, 0.3) is 0 Å². The molecule has 1 saturated heterocycles. The lowest BCUT2D eigenvalue weighted by Gasteiger charge is -2.34. The summed E-state index contributed by atoms with van der Waals surface area (Å²) in [5, 5.41) is 10.7. The molecule has 1 aromatic heterocycles. The van der Waals surface area contributed by atoms with Gasteiger partial charge in [0.1, 0.15) is 0 Å². The molecular formula is C19H37IN6O2. The molecule has 0 amide bonds. The summed E-state index contributed by atoms with van der Waals surface area (Å²) in [6, 6.07) is 0. The summed E-state index contributed by atoms with van der Waals surface area (Å²) < 4.78 is 11.1. The van der Waals surface area contributed by atoms with Crippen molar-refractivity contribution in [2.24, 2.45) is 10.9 Å². The topological polar surface area (TPSA) is 87.8 Å². The number of hydrogen-bond acceptors (Lipinski definition) is 6. The van der Waals surface area contributed by atoms with Gasteiger partial charge in [0, 0.05) is 52.1 Å². The van der Waals surface area contributed by atoms with E-state index < -0.39 is 0 Å². The van der Waals surface area contributed by atoms with Crippen molar-refractivity contribution >= 4 is 29.9 Å². The van der Waals surface area contributed by atoms with Gasteiger partial charge < -0.3 is 19.9 Å². The molecule has 0 spiro atoms. The molecule has 0 aliphatic carbocycles. The Hall–Kier alpha value is -0.940. The Morgan fingerprint density at radius 2 is 2.07 bits per heavy atom. The van der Waals surface area contributed by atoms with Crippen LogP contribution >= 0.6 is 24.0 Å². The molecule has 0 bridgehead atoms. The molecule has 28 heavy (non-hydrogen) atoms. The first-order valence-corrected chi connectivity index (χ1v) is 10.1. The van der Waals surface area contributed by atoms with Gasteiger partial charge in [-0.15, -0.1) is 24.0 Å². The molecule has 1 aliphatic rings. The molecule has 162 valence electrons. The fraction of sp³-hybridized carbons (Fsp3) is 0.842. The van der Waals surface area contributed by atoms with Gasteiger partial charge in [0.05, 0.1) is 12.7 Å². The third-order valence-corrected chi connectivity index (χ3v) is 4.43. The lowest BCUT2D eigenvalue weighted by molar-refractivity contribution is -0.0284. The average molecular weight is 508 g/mol. The molecule has 2 N–H and O–H groups in total. The van der Waals surface area contributed by atoms with E-state index in [2.05, 4.69) is 58.4 Å². The fourth-order valence-corrected chi connectivity index (χ4v) is 3.07. The molecule has 0 aromatic carbocycles. The first kappa shape index (κ1) is 25.1. The van der Waals surface area contributed by atoms with Crippen LogP contribution in [-0.2, 0) is 11.2 Å². The Balaban J connectivity index is 0.00000392. The fourth-order valence-electron chi connectivity index (χ4n) is 3.07. The van der Waals surface area contributed by atoms with Crippen molar-refractivity contribution in [3.63, 3.8) is 0 Å². The first-order chi connectivity index (χ1) is 13.0. The number of nitrogens with one attached hydrogen (secondary N) is 2. The van der Waals surface area contributed by atoms with E-state index >= 15 is 0 Å². The smallest absolute Gasteiger partial charge is 0.226 e. The van der Waals surface area contributed by atoms with Crippen molar-refractivity contribution in [3.05, 3.63) is 11.7 Å². The normalized spacial score (nSPS) is 18.4. The Morgan fingerprint density at radius 3 is 2.71 bits per heavy atom. The zero-order valence-corrected chi connectivity index (χ0v) is 20.2. The van der Waals surface area contributed by atoms with Crippen LogP contribution in [0.1, 0.15) is 51.7 Å². The van der Waals surface area contributed by atoms with E-state index in [4.69, 9.17) is 9.26 Å². The number of morpholine rings is 1. The number of hydrogen-bond donors (Lipinski definition) is 2. The molecule has 9 heteroatoms. The predicted molar refractivity (Wildman–Crippen MR) is 123 cm³/mol. The number of nitrogens with zero attached hydrogens (tertiary/aromatic N) is 4. The number of aliphatic imine (C=N–C) groups is 1. The summed E-state index contributed by atoms with van der Waals surface area (Å²) in [6.07, 6.45) is 1.87. The molecule has 8 nitrogen and oxygen atoms in total. The van der Waals surface area contributed by atoms with E-state index in [-0.39, 0.29) is 30.1 Å². The number of ether oxygens (including phenoxy) is 1. The van der Waals surface area contributed by atoms with E-state index in [1.54, 1.807) is 7.05 Å². The Kier molecular flexibility index (Phi) is 11.9. The quantitative estimate of drug-likeness (QED) is 0.229. The largest absolute Gasteiger partial charge is 0.374 e. The van der Waals surface area contributed by atoms with Crippen molar-refractivity contribution in [2.75, 3.05) is 46.4 Å². The van der Waals surface area contributed by atoms with Crippen molar-refractivity contribution in [3.8, 4) is 0 Å². The minimum Gasteiger partial charge on any atom is -0.374 e. The van der Waals surface area contributed by atoms with Crippen LogP contribution in [-0.4, -0.2) is 73.5 Å². The first-order valence-electron chi connectivity index (χ1n) is 10.1. The van der Waals surface area contributed by atoms with Crippen LogP contribution in [0.25, 0.3) is 0 Å². The zero-order valence-electron chi connectivity index (χ0n) is 17.9. The highest BCUT2D eigenvalue weighted by atomic mass is 127. The number of aromatic nitrogens is 2. The molecule has 2 heterocycles. The third kappa shape index (κ3) is 9.04. The van der Waals surface area contributed by atoms with Crippen molar-refractivity contribution in [2.45, 2.75) is 52.6 Å². The molecule has 0 saturated carbocycles. The van der Waals surface area contributed by atoms with Crippen LogP contribution in [0, 0.1) is 5.92 Å². The lowest BCUT2D eigenvalue weighted by atomic mass is 10.2. The minimum atomic E-state index is 0. The number of rotatable bonds is 9. The minimum absolute atomic E-state index is 0. The number of guanidine groups is 1. The summed E-state index contributed by atoms with van der Waals surface area (Å²) >= 11 is 0. The summed E-state index contributed by atoms with van der Waals surface area (Å²) in [5.41, 5.74) is 0. The molecule has 2 rings (SSSR count). The zero-order chi connectivity index (χ0) is 19.6. The van der Waals surface area contributed by atoms with Crippen LogP contribution in [0.15, 0.2) is 9.52 Å².